The van der Waals surface area contributed by atoms with E-state index in [1.807, 2.05) is 53.6 Å². The second-order valence-electron chi connectivity index (χ2n) is 7.88. The van der Waals surface area contributed by atoms with Crippen molar-refractivity contribution in [1.29, 1.82) is 0 Å². The number of thiazole rings is 1. The van der Waals surface area contributed by atoms with Crippen molar-refractivity contribution in [2.45, 2.75) is 52.8 Å². The van der Waals surface area contributed by atoms with Gasteiger partial charge < -0.3 is 9.64 Å². The van der Waals surface area contributed by atoms with Gasteiger partial charge in [0.25, 0.3) is 5.91 Å². The fourth-order valence-electron chi connectivity index (χ4n) is 3.52. The number of aromatic nitrogens is 1. The van der Waals surface area contributed by atoms with Gasteiger partial charge in [-0.3, -0.25) is 4.79 Å². The quantitative estimate of drug-likeness (QED) is 0.524. The summed E-state index contributed by atoms with van der Waals surface area (Å²) < 4.78 is 5.93. The van der Waals surface area contributed by atoms with Crippen LogP contribution in [0.3, 0.4) is 0 Å². The summed E-state index contributed by atoms with van der Waals surface area (Å²) in [6.07, 6.45) is 2.15. The Balaban J connectivity index is 1.42. The average Bonchev–Trinajstić information content (AvgIpc) is 3.42. The Hall–Kier alpha value is -2.66. The Bertz CT molecular complexity index is 1000. The molecule has 0 atom stereocenters. The Morgan fingerprint density at radius 2 is 1.86 bits per heavy atom. The first-order valence-electron chi connectivity index (χ1n) is 10.00. The van der Waals surface area contributed by atoms with Crippen LogP contribution in [0.4, 0.5) is 0 Å². The van der Waals surface area contributed by atoms with Gasteiger partial charge in [-0.1, -0.05) is 23.8 Å². The van der Waals surface area contributed by atoms with E-state index in [0.29, 0.717) is 19.2 Å². The minimum atomic E-state index is 0.0947. The van der Waals surface area contributed by atoms with Gasteiger partial charge in [0.15, 0.2) is 0 Å². The maximum atomic E-state index is 13.0. The van der Waals surface area contributed by atoms with Crippen LogP contribution in [0.15, 0.2) is 47.8 Å². The molecule has 2 aromatic carbocycles. The van der Waals surface area contributed by atoms with Gasteiger partial charge in [0.05, 0.1) is 12.2 Å². The summed E-state index contributed by atoms with van der Waals surface area (Å²) >= 11 is 1.59. The lowest BCUT2D eigenvalue weighted by Crippen LogP contribution is -2.32. The molecule has 0 N–H and O–H groups in total. The molecule has 3 aromatic rings. The highest BCUT2D eigenvalue weighted by atomic mass is 32.1. The summed E-state index contributed by atoms with van der Waals surface area (Å²) in [6.45, 7) is 7.15. The molecule has 4 rings (SSSR count). The summed E-state index contributed by atoms with van der Waals surface area (Å²) in [4.78, 5) is 19.7. The first-order chi connectivity index (χ1) is 14.0. The standard InChI is InChI=1S/C24H26N2O2S/c1-16-5-4-6-19(10-16)24(27)26(21-7-8-21)13-20-15-29-23(25-20)14-28-22-11-17(2)9-18(3)12-22/h4-6,9-12,15,21H,7-8,13-14H2,1-3H3. The minimum absolute atomic E-state index is 0.0947. The van der Waals surface area contributed by atoms with Crippen LogP contribution in [-0.4, -0.2) is 21.8 Å². The Labute approximate surface area is 176 Å². The van der Waals surface area contributed by atoms with E-state index in [9.17, 15) is 4.79 Å². The molecule has 1 heterocycles. The number of aryl methyl sites for hydroxylation is 3. The molecule has 1 aromatic heterocycles. The van der Waals surface area contributed by atoms with Gasteiger partial charge in [-0.15, -0.1) is 11.3 Å². The topological polar surface area (TPSA) is 42.4 Å². The van der Waals surface area contributed by atoms with E-state index in [2.05, 4.69) is 19.9 Å². The minimum Gasteiger partial charge on any atom is -0.486 e. The third-order valence-electron chi connectivity index (χ3n) is 5.00. The fraction of sp³-hybridized carbons (Fsp3) is 0.333. The molecule has 1 saturated carbocycles. The average molecular weight is 407 g/mol. The van der Waals surface area contributed by atoms with Crippen molar-refractivity contribution >= 4 is 17.2 Å². The predicted molar refractivity (Wildman–Crippen MR) is 116 cm³/mol. The molecule has 0 saturated heterocycles. The number of hydrogen-bond donors (Lipinski definition) is 0. The highest BCUT2D eigenvalue weighted by Crippen LogP contribution is 2.30. The zero-order chi connectivity index (χ0) is 20.4. The maximum absolute atomic E-state index is 13.0. The van der Waals surface area contributed by atoms with Gasteiger partial charge in [-0.2, -0.15) is 0 Å². The normalized spacial score (nSPS) is 13.3. The van der Waals surface area contributed by atoms with Crippen LogP contribution in [0.1, 0.15) is 50.6 Å². The van der Waals surface area contributed by atoms with Crippen LogP contribution >= 0.6 is 11.3 Å². The van der Waals surface area contributed by atoms with E-state index in [-0.39, 0.29) is 5.91 Å². The molecule has 0 bridgehead atoms. The largest absolute Gasteiger partial charge is 0.486 e. The van der Waals surface area contributed by atoms with Crippen LogP contribution in [0.25, 0.3) is 0 Å². The zero-order valence-corrected chi connectivity index (χ0v) is 18.0. The lowest BCUT2D eigenvalue weighted by atomic mass is 10.1. The van der Waals surface area contributed by atoms with Crippen molar-refractivity contribution in [3.05, 3.63) is 80.8 Å². The molecule has 0 spiro atoms. The zero-order valence-electron chi connectivity index (χ0n) is 17.1. The lowest BCUT2D eigenvalue weighted by Gasteiger charge is -2.21. The Morgan fingerprint density at radius 3 is 2.55 bits per heavy atom. The smallest absolute Gasteiger partial charge is 0.254 e. The second-order valence-corrected chi connectivity index (χ2v) is 8.82. The number of rotatable bonds is 7. The van der Waals surface area contributed by atoms with Gasteiger partial charge >= 0.3 is 0 Å². The van der Waals surface area contributed by atoms with Crippen molar-refractivity contribution < 1.29 is 9.53 Å². The molecule has 150 valence electrons. The number of benzene rings is 2. The van der Waals surface area contributed by atoms with Gasteiger partial charge in [0, 0.05) is 17.0 Å². The molecular formula is C24H26N2O2S. The van der Waals surface area contributed by atoms with Crippen molar-refractivity contribution in [3.8, 4) is 5.75 Å². The molecule has 1 aliphatic carbocycles. The van der Waals surface area contributed by atoms with Gasteiger partial charge in [-0.25, -0.2) is 4.98 Å². The molecule has 1 amide bonds. The molecule has 1 aliphatic rings. The predicted octanol–water partition coefficient (Wildman–Crippen LogP) is 5.45. The molecule has 1 fully saturated rings. The van der Waals surface area contributed by atoms with Gasteiger partial charge in [0.2, 0.25) is 0 Å². The van der Waals surface area contributed by atoms with Gasteiger partial charge in [0.1, 0.15) is 17.4 Å². The summed E-state index contributed by atoms with van der Waals surface area (Å²) in [6, 6.07) is 14.4. The van der Waals surface area contributed by atoms with Crippen LogP contribution < -0.4 is 4.74 Å². The van der Waals surface area contributed by atoms with Crippen molar-refractivity contribution in [1.82, 2.24) is 9.88 Å². The first-order valence-corrected chi connectivity index (χ1v) is 10.9. The Kier molecular flexibility index (Phi) is 5.67. The summed E-state index contributed by atoms with van der Waals surface area (Å²) in [5, 5.41) is 2.97. The van der Waals surface area contributed by atoms with Gasteiger partial charge in [-0.05, 0) is 69.0 Å². The molecule has 5 heteroatoms. The summed E-state index contributed by atoms with van der Waals surface area (Å²) in [7, 11) is 0. The first kappa shape index (κ1) is 19.6. The third kappa shape index (κ3) is 5.04. The number of amides is 1. The van der Waals surface area contributed by atoms with Crippen LogP contribution in [0.5, 0.6) is 5.75 Å². The third-order valence-corrected chi connectivity index (χ3v) is 5.87. The van der Waals surface area contributed by atoms with Crippen molar-refractivity contribution in [2.75, 3.05) is 0 Å². The molecule has 0 radical (unpaired) electrons. The number of nitrogens with zero attached hydrogens (tertiary/aromatic N) is 2. The molecule has 0 unspecified atom stereocenters. The van der Waals surface area contributed by atoms with Crippen LogP contribution in [0.2, 0.25) is 0 Å². The second kappa shape index (κ2) is 8.37. The van der Waals surface area contributed by atoms with E-state index in [0.717, 1.165) is 40.4 Å². The molecule has 4 nitrogen and oxygen atoms in total. The van der Waals surface area contributed by atoms with E-state index in [4.69, 9.17) is 9.72 Å². The fourth-order valence-corrected chi connectivity index (χ4v) is 4.22. The summed E-state index contributed by atoms with van der Waals surface area (Å²) in [5.74, 6) is 0.964. The van der Waals surface area contributed by atoms with Crippen LogP contribution in [-0.2, 0) is 13.2 Å². The molecule has 29 heavy (non-hydrogen) atoms. The number of carbonyl (C=O) groups is 1. The summed E-state index contributed by atoms with van der Waals surface area (Å²) in [5.41, 5.74) is 5.17. The highest BCUT2D eigenvalue weighted by Gasteiger charge is 2.33. The molecule has 0 aliphatic heterocycles. The Morgan fingerprint density at radius 1 is 1.10 bits per heavy atom. The van der Waals surface area contributed by atoms with Crippen molar-refractivity contribution in [2.24, 2.45) is 0 Å². The SMILES string of the molecule is Cc1cc(C)cc(OCc2nc(CN(C(=O)c3cccc(C)c3)C3CC3)cs2)c1. The lowest BCUT2D eigenvalue weighted by molar-refractivity contribution is 0.0728. The number of carbonyl (C=O) groups excluding carboxylic acids is 1. The van der Waals surface area contributed by atoms with E-state index >= 15 is 0 Å². The van der Waals surface area contributed by atoms with Crippen molar-refractivity contribution in [3.63, 3.8) is 0 Å². The van der Waals surface area contributed by atoms with E-state index < -0.39 is 0 Å². The molecular weight excluding hydrogens is 380 g/mol. The monoisotopic (exact) mass is 406 g/mol. The number of ether oxygens (including phenoxy) is 1. The number of hydrogen-bond acceptors (Lipinski definition) is 4. The van der Waals surface area contributed by atoms with E-state index in [1.54, 1.807) is 11.3 Å². The van der Waals surface area contributed by atoms with Crippen LogP contribution in [0, 0.1) is 20.8 Å². The van der Waals surface area contributed by atoms with E-state index in [1.165, 1.54) is 11.1 Å². The highest BCUT2D eigenvalue weighted by molar-refractivity contribution is 7.09. The maximum Gasteiger partial charge on any atom is 0.254 e.